The predicted molar refractivity (Wildman–Crippen MR) is 110 cm³/mol. The second-order valence-corrected chi connectivity index (χ2v) is 7.89. The van der Waals surface area contributed by atoms with Gasteiger partial charge in [-0.2, -0.15) is 0 Å². The number of nitrogens with zero attached hydrogens (tertiary/aromatic N) is 5. The second kappa shape index (κ2) is 6.92. The zero-order valence-corrected chi connectivity index (χ0v) is 17.2. The number of aryl methyl sites for hydroxylation is 1. The summed E-state index contributed by atoms with van der Waals surface area (Å²) < 4.78 is 1.50. The highest BCUT2D eigenvalue weighted by Crippen LogP contribution is 2.41. The zero-order valence-electron chi connectivity index (χ0n) is 17.2. The molecule has 0 saturated carbocycles. The molecule has 0 radical (unpaired) electrons. The van der Waals surface area contributed by atoms with Crippen LogP contribution in [0.5, 0.6) is 0 Å². The lowest BCUT2D eigenvalue weighted by Crippen LogP contribution is -2.32. The predicted octanol–water partition coefficient (Wildman–Crippen LogP) is 3.92. The Balaban J connectivity index is 1.95. The molecule has 1 aromatic heterocycles. The first-order chi connectivity index (χ1) is 13.8. The lowest BCUT2D eigenvalue weighted by Gasteiger charge is -2.25. The van der Waals surface area contributed by atoms with Gasteiger partial charge >= 0.3 is 0 Å². The second-order valence-electron chi connectivity index (χ2n) is 7.89. The molecule has 2 amide bonds. The molecule has 4 rings (SSSR count). The number of amides is 2. The Bertz CT molecular complexity index is 1100. The minimum atomic E-state index is -0.335. The van der Waals surface area contributed by atoms with E-state index in [-0.39, 0.29) is 23.7 Å². The summed E-state index contributed by atoms with van der Waals surface area (Å²) in [5, 5.41) is 11.6. The van der Waals surface area contributed by atoms with E-state index in [1.165, 1.54) is 9.58 Å². The van der Waals surface area contributed by atoms with Crippen LogP contribution in [0.4, 0.5) is 5.69 Å². The third kappa shape index (κ3) is 2.85. The van der Waals surface area contributed by atoms with E-state index >= 15 is 0 Å². The normalized spacial score (nSPS) is 13.7. The van der Waals surface area contributed by atoms with E-state index in [4.69, 9.17) is 0 Å². The minimum absolute atomic E-state index is 0.162. The Labute approximate surface area is 169 Å². The number of imide groups is 1. The molecule has 7 nitrogen and oxygen atoms in total. The number of fused-ring (bicyclic) bond motifs is 1. The van der Waals surface area contributed by atoms with Crippen LogP contribution in [0.1, 0.15) is 71.4 Å². The summed E-state index contributed by atoms with van der Waals surface area (Å²) in [4.78, 5) is 28.4. The van der Waals surface area contributed by atoms with E-state index < -0.39 is 0 Å². The van der Waals surface area contributed by atoms with E-state index in [1.54, 1.807) is 25.2 Å². The van der Waals surface area contributed by atoms with E-state index in [0.29, 0.717) is 28.2 Å². The number of rotatable bonds is 4. The molecule has 0 N–H and O–H groups in total. The largest absolute Gasteiger partial charge is 0.268 e. The fraction of sp³-hybridized carbons (Fsp3) is 0.318. The third-order valence-corrected chi connectivity index (χ3v) is 5.34. The Morgan fingerprint density at radius 2 is 1.41 bits per heavy atom. The average molecular weight is 389 g/mol. The van der Waals surface area contributed by atoms with Gasteiger partial charge in [-0.25, -0.2) is 9.58 Å². The summed E-state index contributed by atoms with van der Waals surface area (Å²) >= 11 is 0. The first-order valence-electron chi connectivity index (χ1n) is 9.70. The number of tetrazole rings is 1. The highest BCUT2D eigenvalue weighted by molar-refractivity contribution is 6.36. The quantitative estimate of drug-likeness (QED) is 0.632. The molecule has 3 aromatic rings. The molecule has 1 aliphatic rings. The highest BCUT2D eigenvalue weighted by Gasteiger charge is 2.41. The molecule has 0 spiro atoms. The van der Waals surface area contributed by atoms with E-state index in [9.17, 15) is 9.59 Å². The van der Waals surface area contributed by atoms with Gasteiger partial charge in [0.15, 0.2) is 5.82 Å². The molecule has 2 aromatic carbocycles. The molecule has 7 heteroatoms. The monoisotopic (exact) mass is 389 g/mol. The van der Waals surface area contributed by atoms with Crippen LogP contribution in [0.2, 0.25) is 0 Å². The van der Waals surface area contributed by atoms with Crippen LogP contribution in [0.15, 0.2) is 36.4 Å². The van der Waals surface area contributed by atoms with Crippen molar-refractivity contribution in [2.75, 3.05) is 4.90 Å². The molecule has 2 heterocycles. The van der Waals surface area contributed by atoms with Crippen LogP contribution in [-0.2, 0) is 7.05 Å². The topological polar surface area (TPSA) is 81.0 Å². The highest BCUT2D eigenvalue weighted by atomic mass is 16.2. The number of para-hydroxylation sites is 1. The van der Waals surface area contributed by atoms with Gasteiger partial charge in [-0.3, -0.25) is 9.59 Å². The van der Waals surface area contributed by atoms with Gasteiger partial charge in [0.05, 0.1) is 16.8 Å². The fourth-order valence-electron chi connectivity index (χ4n) is 3.90. The molecule has 0 saturated heterocycles. The lowest BCUT2D eigenvalue weighted by atomic mass is 9.92. The number of hydrogen-bond donors (Lipinski definition) is 0. The Morgan fingerprint density at radius 1 is 0.828 bits per heavy atom. The zero-order chi connectivity index (χ0) is 20.9. The number of carbonyl (C=O) groups excluding carboxylic acids is 2. The van der Waals surface area contributed by atoms with Crippen LogP contribution >= 0.6 is 0 Å². The Hall–Kier alpha value is -3.35. The molecule has 29 heavy (non-hydrogen) atoms. The van der Waals surface area contributed by atoms with Gasteiger partial charge in [0.1, 0.15) is 0 Å². The summed E-state index contributed by atoms with van der Waals surface area (Å²) in [6.45, 7) is 8.27. The maximum atomic E-state index is 13.6. The van der Waals surface area contributed by atoms with Crippen molar-refractivity contribution in [1.29, 1.82) is 0 Å². The standard InChI is InChI=1S/C22H23N5O2/c1-12(2)14-8-6-9-15(13(3)4)19(14)27-21(28)17-11-7-10-16(18(17)22(27)29)20-23-24-25-26(20)5/h6-13H,1-5H3. The number of hydrogen-bond acceptors (Lipinski definition) is 5. The number of anilines is 1. The summed E-state index contributed by atoms with van der Waals surface area (Å²) in [6, 6.07) is 11.2. The van der Waals surface area contributed by atoms with Gasteiger partial charge in [0, 0.05) is 12.6 Å². The molecule has 0 unspecified atom stereocenters. The van der Waals surface area contributed by atoms with Crippen molar-refractivity contribution >= 4 is 17.5 Å². The molecule has 0 aliphatic carbocycles. The smallest absolute Gasteiger partial charge is 0.266 e. The van der Waals surface area contributed by atoms with Gasteiger partial charge < -0.3 is 0 Å². The SMILES string of the molecule is CC(C)c1cccc(C(C)C)c1N1C(=O)c2cccc(-c3nnnn3C)c2C1=O. The van der Waals surface area contributed by atoms with Crippen LogP contribution in [0.3, 0.4) is 0 Å². The lowest BCUT2D eigenvalue weighted by molar-refractivity contribution is 0.0925. The van der Waals surface area contributed by atoms with Crippen LogP contribution in [0, 0.1) is 0 Å². The molecule has 0 fully saturated rings. The van der Waals surface area contributed by atoms with Gasteiger partial charge in [-0.15, -0.1) is 5.10 Å². The van der Waals surface area contributed by atoms with Crippen molar-refractivity contribution in [2.24, 2.45) is 7.05 Å². The first kappa shape index (κ1) is 19.0. The Kier molecular flexibility index (Phi) is 4.53. The number of benzene rings is 2. The molecule has 0 atom stereocenters. The van der Waals surface area contributed by atoms with Crippen molar-refractivity contribution in [1.82, 2.24) is 20.2 Å². The van der Waals surface area contributed by atoms with Gasteiger partial charge in [-0.1, -0.05) is 58.0 Å². The van der Waals surface area contributed by atoms with Crippen LogP contribution < -0.4 is 4.90 Å². The van der Waals surface area contributed by atoms with Crippen molar-refractivity contribution in [3.05, 3.63) is 58.7 Å². The van der Waals surface area contributed by atoms with Crippen molar-refractivity contribution < 1.29 is 9.59 Å². The van der Waals surface area contributed by atoms with Crippen molar-refractivity contribution in [3.8, 4) is 11.4 Å². The molecule has 0 bridgehead atoms. The Morgan fingerprint density at radius 3 is 1.97 bits per heavy atom. The third-order valence-electron chi connectivity index (χ3n) is 5.34. The molecular weight excluding hydrogens is 366 g/mol. The molecular formula is C22H23N5O2. The van der Waals surface area contributed by atoms with Gasteiger partial charge in [-0.05, 0) is 39.5 Å². The average Bonchev–Trinajstić information content (AvgIpc) is 3.22. The number of aromatic nitrogens is 4. The summed E-state index contributed by atoms with van der Waals surface area (Å²) in [6.07, 6.45) is 0. The summed E-state index contributed by atoms with van der Waals surface area (Å²) in [5.74, 6) is 0.132. The fourth-order valence-corrected chi connectivity index (χ4v) is 3.90. The maximum Gasteiger partial charge on any atom is 0.266 e. The minimum Gasteiger partial charge on any atom is -0.268 e. The molecule has 1 aliphatic heterocycles. The van der Waals surface area contributed by atoms with E-state index in [1.807, 2.05) is 18.2 Å². The van der Waals surface area contributed by atoms with Crippen molar-refractivity contribution in [2.45, 2.75) is 39.5 Å². The van der Waals surface area contributed by atoms with Crippen LogP contribution in [-0.4, -0.2) is 32.0 Å². The molecule has 148 valence electrons. The van der Waals surface area contributed by atoms with Gasteiger partial charge in [0.2, 0.25) is 0 Å². The summed E-state index contributed by atoms with van der Waals surface area (Å²) in [5.41, 5.74) is 3.95. The van der Waals surface area contributed by atoms with E-state index in [2.05, 4.69) is 43.2 Å². The van der Waals surface area contributed by atoms with Gasteiger partial charge in [0.25, 0.3) is 11.8 Å². The first-order valence-corrected chi connectivity index (χ1v) is 9.70. The summed E-state index contributed by atoms with van der Waals surface area (Å²) in [7, 11) is 1.71. The van der Waals surface area contributed by atoms with E-state index in [0.717, 1.165) is 11.1 Å². The number of carbonyl (C=O) groups is 2. The van der Waals surface area contributed by atoms with Crippen molar-refractivity contribution in [3.63, 3.8) is 0 Å². The maximum absolute atomic E-state index is 13.6. The van der Waals surface area contributed by atoms with Crippen LogP contribution in [0.25, 0.3) is 11.4 Å².